The number of benzene rings is 2. The molecule has 0 radical (unpaired) electrons. The summed E-state index contributed by atoms with van der Waals surface area (Å²) in [5.41, 5.74) is 5.87. The molecule has 0 unspecified atom stereocenters. The van der Waals surface area contributed by atoms with Crippen LogP contribution >= 0.6 is 11.6 Å². The van der Waals surface area contributed by atoms with Crippen LogP contribution in [-0.4, -0.2) is 5.84 Å². The lowest BCUT2D eigenvalue weighted by Gasteiger charge is -2.10. The van der Waals surface area contributed by atoms with Gasteiger partial charge in [-0.15, -0.1) is 0 Å². The third kappa shape index (κ3) is 3.24. The molecule has 0 fully saturated rings. The van der Waals surface area contributed by atoms with Gasteiger partial charge in [-0.05, 0) is 29.8 Å². The topological polar surface area (TPSA) is 59.1 Å². The second kappa shape index (κ2) is 5.88. The van der Waals surface area contributed by atoms with Crippen molar-refractivity contribution in [3.8, 4) is 5.75 Å². The fraction of sp³-hybridized carbons (Fsp3) is 0.0714. The lowest BCUT2D eigenvalue weighted by atomic mass is 10.2. The Bertz CT molecular complexity index is 621. The van der Waals surface area contributed by atoms with E-state index in [2.05, 4.69) is 0 Å². The first kappa shape index (κ1) is 14.3. The van der Waals surface area contributed by atoms with Crippen LogP contribution in [0.1, 0.15) is 11.1 Å². The van der Waals surface area contributed by atoms with Crippen LogP contribution in [0.25, 0.3) is 0 Å². The van der Waals surface area contributed by atoms with E-state index in [0.717, 1.165) is 17.7 Å². The summed E-state index contributed by atoms with van der Waals surface area (Å²) in [7, 11) is 0. The average Bonchev–Trinajstić information content (AvgIpc) is 2.39. The third-order valence-electron chi connectivity index (χ3n) is 2.61. The van der Waals surface area contributed by atoms with Crippen LogP contribution in [-0.2, 0) is 6.61 Å². The van der Waals surface area contributed by atoms with Crippen molar-refractivity contribution < 1.29 is 13.5 Å². The Morgan fingerprint density at radius 2 is 1.70 bits per heavy atom. The number of ether oxygens (including phenoxy) is 1. The highest BCUT2D eigenvalue weighted by atomic mass is 35.5. The summed E-state index contributed by atoms with van der Waals surface area (Å²) >= 11 is 5.73. The number of amidine groups is 1. The monoisotopic (exact) mass is 296 g/mol. The van der Waals surface area contributed by atoms with E-state index in [1.165, 1.54) is 0 Å². The van der Waals surface area contributed by atoms with Crippen molar-refractivity contribution in [2.45, 2.75) is 6.61 Å². The Morgan fingerprint density at radius 1 is 1.15 bits per heavy atom. The number of nitrogens with one attached hydrogen (secondary N) is 1. The van der Waals surface area contributed by atoms with E-state index < -0.39 is 23.2 Å². The predicted molar refractivity (Wildman–Crippen MR) is 73.2 cm³/mol. The Labute approximate surface area is 119 Å². The summed E-state index contributed by atoms with van der Waals surface area (Å²) in [6.07, 6.45) is 0. The van der Waals surface area contributed by atoms with Gasteiger partial charge in [0.1, 0.15) is 12.4 Å². The van der Waals surface area contributed by atoms with Gasteiger partial charge in [0, 0.05) is 10.6 Å². The molecule has 0 amide bonds. The van der Waals surface area contributed by atoms with Crippen molar-refractivity contribution >= 4 is 17.4 Å². The van der Waals surface area contributed by atoms with Gasteiger partial charge in [-0.3, -0.25) is 5.41 Å². The Morgan fingerprint density at radius 3 is 2.20 bits per heavy atom. The first-order valence-corrected chi connectivity index (χ1v) is 6.06. The SMILES string of the molecule is N=C(N)c1cc(F)c(OCc2ccc(Cl)cc2)c(F)c1. The Kier molecular flexibility index (Phi) is 4.20. The molecule has 0 saturated heterocycles. The lowest BCUT2D eigenvalue weighted by Crippen LogP contribution is -2.12. The standard InChI is InChI=1S/C14H11ClF2N2O/c15-10-3-1-8(2-4-10)7-20-13-11(16)5-9(14(18)19)6-12(13)17/h1-6H,7H2,(H3,18,19). The molecule has 2 aromatic rings. The number of halogens is 3. The average molecular weight is 297 g/mol. The maximum Gasteiger partial charge on any atom is 0.191 e. The molecule has 20 heavy (non-hydrogen) atoms. The molecule has 0 bridgehead atoms. The Balaban J connectivity index is 2.17. The molecule has 0 heterocycles. The molecular formula is C14H11ClF2N2O. The summed E-state index contributed by atoms with van der Waals surface area (Å²) in [4.78, 5) is 0. The van der Waals surface area contributed by atoms with Crippen LogP contribution in [0.3, 0.4) is 0 Å². The summed E-state index contributed by atoms with van der Waals surface area (Å²) in [6, 6.07) is 8.63. The molecule has 6 heteroatoms. The maximum absolute atomic E-state index is 13.7. The number of nitrogen functional groups attached to an aromatic ring is 1. The highest BCUT2D eigenvalue weighted by molar-refractivity contribution is 6.30. The van der Waals surface area contributed by atoms with E-state index in [1.807, 2.05) is 0 Å². The lowest BCUT2D eigenvalue weighted by molar-refractivity contribution is 0.274. The van der Waals surface area contributed by atoms with Crippen LogP contribution < -0.4 is 10.5 Å². The molecular weight excluding hydrogens is 286 g/mol. The highest BCUT2D eigenvalue weighted by Crippen LogP contribution is 2.24. The molecule has 2 rings (SSSR count). The van der Waals surface area contributed by atoms with E-state index in [9.17, 15) is 8.78 Å². The van der Waals surface area contributed by atoms with Crippen molar-refractivity contribution in [2.75, 3.05) is 0 Å². The van der Waals surface area contributed by atoms with E-state index in [0.29, 0.717) is 5.02 Å². The molecule has 0 saturated carbocycles. The van der Waals surface area contributed by atoms with Crippen LogP contribution in [0.2, 0.25) is 5.02 Å². The molecule has 3 nitrogen and oxygen atoms in total. The molecule has 0 atom stereocenters. The van der Waals surface area contributed by atoms with Crippen molar-refractivity contribution in [3.63, 3.8) is 0 Å². The van der Waals surface area contributed by atoms with Gasteiger partial charge < -0.3 is 10.5 Å². The third-order valence-corrected chi connectivity index (χ3v) is 2.86. The zero-order valence-electron chi connectivity index (χ0n) is 10.3. The summed E-state index contributed by atoms with van der Waals surface area (Å²) in [6.45, 7) is 0.00439. The van der Waals surface area contributed by atoms with Crippen LogP contribution in [0.4, 0.5) is 8.78 Å². The van der Waals surface area contributed by atoms with Crippen molar-refractivity contribution in [2.24, 2.45) is 5.73 Å². The zero-order valence-corrected chi connectivity index (χ0v) is 11.0. The highest BCUT2D eigenvalue weighted by Gasteiger charge is 2.14. The summed E-state index contributed by atoms with van der Waals surface area (Å²) in [5.74, 6) is -2.70. The number of nitrogens with two attached hydrogens (primary N) is 1. The second-order valence-corrected chi connectivity index (χ2v) is 4.53. The largest absolute Gasteiger partial charge is 0.483 e. The minimum absolute atomic E-state index is 0.00439. The maximum atomic E-state index is 13.7. The van der Waals surface area contributed by atoms with Crippen LogP contribution in [0.15, 0.2) is 36.4 Å². The molecule has 0 aromatic heterocycles. The van der Waals surface area contributed by atoms with Gasteiger partial charge in [0.2, 0.25) is 0 Å². The first-order chi connectivity index (χ1) is 9.47. The van der Waals surface area contributed by atoms with Gasteiger partial charge in [0.25, 0.3) is 0 Å². The normalized spacial score (nSPS) is 10.3. The summed E-state index contributed by atoms with van der Waals surface area (Å²) < 4.78 is 32.5. The zero-order chi connectivity index (χ0) is 14.7. The Hall–Kier alpha value is -2.14. The predicted octanol–water partition coefficient (Wildman–Crippen LogP) is 3.48. The molecule has 0 spiro atoms. The van der Waals surface area contributed by atoms with E-state index >= 15 is 0 Å². The van der Waals surface area contributed by atoms with Gasteiger partial charge in [0.05, 0.1) is 0 Å². The number of rotatable bonds is 4. The summed E-state index contributed by atoms with van der Waals surface area (Å²) in [5, 5.41) is 7.71. The van der Waals surface area contributed by atoms with E-state index in [4.69, 9.17) is 27.5 Å². The molecule has 0 aliphatic rings. The smallest absolute Gasteiger partial charge is 0.191 e. The fourth-order valence-corrected chi connectivity index (χ4v) is 1.72. The van der Waals surface area contributed by atoms with E-state index in [-0.39, 0.29) is 12.2 Å². The molecule has 3 N–H and O–H groups in total. The molecule has 0 aliphatic carbocycles. The quantitative estimate of drug-likeness (QED) is 0.670. The van der Waals surface area contributed by atoms with Gasteiger partial charge in [-0.25, -0.2) is 8.78 Å². The molecule has 2 aromatic carbocycles. The van der Waals surface area contributed by atoms with Gasteiger partial charge >= 0.3 is 0 Å². The fourth-order valence-electron chi connectivity index (χ4n) is 1.59. The minimum atomic E-state index is -0.899. The minimum Gasteiger partial charge on any atom is -0.483 e. The molecule has 104 valence electrons. The van der Waals surface area contributed by atoms with Crippen LogP contribution in [0, 0.1) is 17.0 Å². The second-order valence-electron chi connectivity index (χ2n) is 4.10. The van der Waals surface area contributed by atoms with Gasteiger partial charge in [-0.2, -0.15) is 0 Å². The number of hydrogen-bond donors (Lipinski definition) is 2. The van der Waals surface area contributed by atoms with Crippen molar-refractivity contribution in [3.05, 3.63) is 64.2 Å². The molecule has 0 aliphatic heterocycles. The van der Waals surface area contributed by atoms with Gasteiger partial charge in [0.15, 0.2) is 17.4 Å². The van der Waals surface area contributed by atoms with Crippen molar-refractivity contribution in [1.29, 1.82) is 5.41 Å². The first-order valence-electron chi connectivity index (χ1n) is 5.68. The van der Waals surface area contributed by atoms with E-state index in [1.54, 1.807) is 24.3 Å². The van der Waals surface area contributed by atoms with Crippen molar-refractivity contribution in [1.82, 2.24) is 0 Å². The van der Waals surface area contributed by atoms with Crippen LogP contribution in [0.5, 0.6) is 5.75 Å². The number of hydrogen-bond acceptors (Lipinski definition) is 2. The van der Waals surface area contributed by atoms with Gasteiger partial charge in [-0.1, -0.05) is 23.7 Å².